The Bertz CT molecular complexity index is 837. The monoisotopic (exact) mass is 401 g/mol. The summed E-state index contributed by atoms with van der Waals surface area (Å²) in [4.78, 5) is 23.0. The average Bonchev–Trinajstić information content (AvgIpc) is 3.15. The van der Waals surface area contributed by atoms with Crippen LogP contribution in [0, 0.1) is 0 Å². The van der Waals surface area contributed by atoms with E-state index in [2.05, 4.69) is 26.2 Å². The summed E-state index contributed by atoms with van der Waals surface area (Å²) in [6, 6.07) is 7.21. The first-order valence-electron chi connectivity index (χ1n) is 9.70. The first-order chi connectivity index (χ1) is 14.0. The van der Waals surface area contributed by atoms with Crippen molar-refractivity contribution in [1.29, 1.82) is 0 Å². The number of carbonyl (C=O) groups is 2. The molecule has 0 bridgehead atoms. The second kappa shape index (κ2) is 9.57. The molecule has 1 heterocycles. The molecule has 1 fully saturated rings. The largest absolute Gasteiger partial charge is 0.468 e. The van der Waals surface area contributed by atoms with Crippen LogP contribution < -0.4 is 16.4 Å². The molecule has 2 aromatic rings. The van der Waals surface area contributed by atoms with Crippen molar-refractivity contribution in [3.63, 3.8) is 0 Å². The summed E-state index contributed by atoms with van der Waals surface area (Å²) >= 11 is 0. The Balaban J connectivity index is 1.91. The Morgan fingerprint density at radius 1 is 1.28 bits per heavy atom. The Hall–Kier alpha value is -2.85. The number of methoxy groups -OCH3 is 1. The molecule has 1 aliphatic carbocycles. The standard InChI is InChI=1S/C19H27N7O3/c1-12(27)21-14-9-7-13(8-10-14)18(22-16-6-4-3-5-15(16)20)19-23-24-25-26(19)11-17(28)29-2/h7-10,15-16,18,22H,3-6,11,20H2,1-2H3,(H,21,27). The number of hydrogen-bond acceptors (Lipinski definition) is 8. The maximum atomic E-state index is 11.8. The molecule has 10 nitrogen and oxygen atoms in total. The number of anilines is 1. The normalized spacial score (nSPS) is 20.1. The fraction of sp³-hybridized carbons (Fsp3) is 0.526. The first-order valence-corrected chi connectivity index (χ1v) is 9.70. The number of benzene rings is 1. The lowest BCUT2D eigenvalue weighted by Crippen LogP contribution is -2.49. The molecule has 1 aliphatic rings. The molecule has 3 rings (SSSR count). The molecular formula is C19H27N7O3. The zero-order chi connectivity index (χ0) is 20.8. The van der Waals surface area contributed by atoms with Crippen LogP contribution in [-0.4, -0.2) is 51.3 Å². The summed E-state index contributed by atoms with van der Waals surface area (Å²) < 4.78 is 6.18. The maximum Gasteiger partial charge on any atom is 0.327 e. The molecule has 3 unspecified atom stereocenters. The maximum absolute atomic E-state index is 11.8. The highest BCUT2D eigenvalue weighted by Crippen LogP contribution is 2.26. The summed E-state index contributed by atoms with van der Waals surface area (Å²) in [5.74, 6) is -0.0734. The van der Waals surface area contributed by atoms with Gasteiger partial charge in [0.15, 0.2) is 5.82 Å². The van der Waals surface area contributed by atoms with Gasteiger partial charge in [-0.3, -0.25) is 14.9 Å². The Labute approximate surface area is 169 Å². The number of nitrogens with one attached hydrogen (secondary N) is 2. The fourth-order valence-corrected chi connectivity index (χ4v) is 3.58. The van der Waals surface area contributed by atoms with Gasteiger partial charge >= 0.3 is 5.97 Å². The summed E-state index contributed by atoms with van der Waals surface area (Å²) in [5.41, 5.74) is 7.93. The number of tetrazole rings is 1. The van der Waals surface area contributed by atoms with Gasteiger partial charge in [-0.1, -0.05) is 25.0 Å². The van der Waals surface area contributed by atoms with Gasteiger partial charge in [-0.05, 0) is 41.0 Å². The van der Waals surface area contributed by atoms with Gasteiger partial charge in [-0.25, -0.2) is 4.68 Å². The number of esters is 1. The van der Waals surface area contributed by atoms with Crippen molar-refractivity contribution < 1.29 is 14.3 Å². The molecular weight excluding hydrogens is 374 g/mol. The zero-order valence-electron chi connectivity index (χ0n) is 16.7. The minimum Gasteiger partial charge on any atom is -0.468 e. The van der Waals surface area contributed by atoms with Gasteiger partial charge in [0.2, 0.25) is 5.91 Å². The third-order valence-electron chi connectivity index (χ3n) is 5.09. The third kappa shape index (κ3) is 5.36. The number of nitrogens with zero attached hydrogens (tertiary/aromatic N) is 4. The van der Waals surface area contributed by atoms with Crippen LogP contribution in [0.1, 0.15) is 50.0 Å². The summed E-state index contributed by atoms with van der Waals surface area (Å²) in [5, 5.41) is 18.2. The van der Waals surface area contributed by atoms with Gasteiger partial charge in [0, 0.05) is 24.7 Å². The van der Waals surface area contributed by atoms with Crippen LogP contribution in [0.5, 0.6) is 0 Å². The highest BCUT2D eigenvalue weighted by Gasteiger charge is 2.29. The highest BCUT2D eigenvalue weighted by molar-refractivity contribution is 5.88. The first kappa shape index (κ1) is 20.9. The summed E-state index contributed by atoms with van der Waals surface area (Å²) in [7, 11) is 1.32. The fourth-order valence-electron chi connectivity index (χ4n) is 3.58. The number of rotatable bonds is 7. The molecule has 1 aromatic carbocycles. The van der Waals surface area contributed by atoms with Gasteiger partial charge in [0.25, 0.3) is 0 Å². The Morgan fingerprint density at radius 2 is 2.00 bits per heavy atom. The second-order valence-corrected chi connectivity index (χ2v) is 7.23. The van der Waals surface area contributed by atoms with E-state index in [0.29, 0.717) is 11.5 Å². The van der Waals surface area contributed by atoms with Crippen molar-refractivity contribution in [1.82, 2.24) is 25.5 Å². The van der Waals surface area contributed by atoms with E-state index in [1.807, 2.05) is 24.3 Å². The summed E-state index contributed by atoms with van der Waals surface area (Å²) in [6.45, 7) is 1.38. The smallest absolute Gasteiger partial charge is 0.327 e. The SMILES string of the molecule is COC(=O)Cn1nnnc1C(NC1CCCCC1N)c1ccc(NC(C)=O)cc1. The number of nitrogens with two attached hydrogens (primary N) is 1. The molecule has 10 heteroatoms. The van der Waals surface area contributed by atoms with E-state index >= 15 is 0 Å². The number of amides is 1. The number of ether oxygens (including phenoxy) is 1. The minimum atomic E-state index is -0.437. The van der Waals surface area contributed by atoms with E-state index in [4.69, 9.17) is 10.5 Å². The van der Waals surface area contributed by atoms with Crippen LogP contribution in [0.25, 0.3) is 0 Å². The lowest BCUT2D eigenvalue weighted by molar-refractivity contribution is -0.141. The molecule has 0 aliphatic heterocycles. The molecule has 0 spiro atoms. The predicted octanol–water partition coefficient (Wildman–Crippen LogP) is 0.753. The lowest BCUT2D eigenvalue weighted by Gasteiger charge is -2.33. The molecule has 29 heavy (non-hydrogen) atoms. The van der Waals surface area contributed by atoms with Gasteiger partial charge < -0.3 is 15.8 Å². The molecule has 4 N–H and O–H groups in total. The summed E-state index contributed by atoms with van der Waals surface area (Å²) in [6.07, 6.45) is 4.14. The van der Waals surface area contributed by atoms with Gasteiger partial charge in [-0.15, -0.1) is 5.10 Å². The van der Waals surface area contributed by atoms with Crippen LogP contribution in [-0.2, 0) is 20.9 Å². The van der Waals surface area contributed by atoms with Crippen molar-refractivity contribution in [3.8, 4) is 0 Å². The van der Waals surface area contributed by atoms with Gasteiger partial charge in [-0.2, -0.15) is 0 Å². The van der Waals surface area contributed by atoms with Crippen LogP contribution in [0.3, 0.4) is 0 Å². The van der Waals surface area contributed by atoms with Gasteiger partial charge in [0.05, 0.1) is 13.2 Å². The average molecular weight is 401 g/mol. The van der Waals surface area contributed by atoms with Crippen molar-refractivity contribution in [2.75, 3.05) is 12.4 Å². The molecule has 1 aromatic heterocycles. The number of hydrogen-bond donors (Lipinski definition) is 3. The van der Waals surface area contributed by atoms with E-state index in [-0.39, 0.29) is 30.6 Å². The van der Waals surface area contributed by atoms with E-state index < -0.39 is 5.97 Å². The highest BCUT2D eigenvalue weighted by atomic mass is 16.5. The van der Waals surface area contributed by atoms with E-state index in [1.165, 1.54) is 18.7 Å². The van der Waals surface area contributed by atoms with Gasteiger partial charge in [0.1, 0.15) is 6.54 Å². The van der Waals surface area contributed by atoms with Crippen LogP contribution in [0.4, 0.5) is 5.69 Å². The van der Waals surface area contributed by atoms with E-state index in [0.717, 1.165) is 31.2 Å². The molecule has 0 saturated heterocycles. The predicted molar refractivity (Wildman–Crippen MR) is 106 cm³/mol. The van der Waals surface area contributed by atoms with E-state index in [1.54, 1.807) is 0 Å². The van der Waals surface area contributed by atoms with Crippen LogP contribution >= 0.6 is 0 Å². The minimum absolute atomic E-state index is 0.0369. The topological polar surface area (TPSA) is 137 Å². The van der Waals surface area contributed by atoms with Crippen LogP contribution in [0.2, 0.25) is 0 Å². The Morgan fingerprint density at radius 3 is 2.66 bits per heavy atom. The molecule has 3 atom stereocenters. The Kier molecular flexibility index (Phi) is 6.89. The van der Waals surface area contributed by atoms with Crippen molar-refractivity contribution in [3.05, 3.63) is 35.7 Å². The van der Waals surface area contributed by atoms with Crippen molar-refractivity contribution in [2.45, 2.75) is 57.3 Å². The molecule has 156 valence electrons. The lowest BCUT2D eigenvalue weighted by atomic mass is 9.89. The van der Waals surface area contributed by atoms with Crippen molar-refractivity contribution in [2.24, 2.45) is 5.73 Å². The quantitative estimate of drug-likeness (QED) is 0.578. The number of aromatic nitrogens is 4. The third-order valence-corrected chi connectivity index (χ3v) is 5.09. The molecule has 0 radical (unpaired) electrons. The molecule has 1 amide bonds. The number of carbonyl (C=O) groups excluding carboxylic acids is 2. The zero-order valence-corrected chi connectivity index (χ0v) is 16.7. The second-order valence-electron chi connectivity index (χ2n) is 7.23. The van der Waals surface area contributed by atoms with Crippen LogP contribution in [0.15, 0.2) is 24.3 Å². The molecule has 1 saturated carbocycles. The van der Waals surface area contributed by atoms with E-state index in [9.17, 15) is 9.59 Å². The van der Waals surface area contributed by atoms with Crippen molar-refractivity contribution >= 4 is 17.6 Å².